The number of carbonyl (C=O) groups is 1. The molecule has 0 unspecified atom stereocenters. The summed E-state index contributed by atoms with van der Waals surface area (Å²) >= 11 is 0. The van der Waals surface area contributed by atoms with Crippen LogP contribution in [-0.2, 0) is 21.1 Å². The molecular formula is C21H25NO4S. The third kappa shape index (κ3) is 4.76. The van der Waals surface area contributed by atoms with Gasteiger partial charge in [-0.05, 0) is 36.0 Å². The summed E-state index contributed by atoms with van der Waals surface area (Å²) in [5.74, 6) is -1.23. The molecule has 1 saturated carbocycles. The third-order valence-corrected chi connectivity index (χ3v) is 7.61. The maximum absolute atomic E-state index is 12.8. The molecule has 0 radical (unpaired) electrons. The van der Waals surface area contributed by atoms with Crippen molar-refractivity contribution in [2.45, 2.75) is 37.4 Å². The minimum atomic E-state index is -3.42. The lowest BCUT2D eigenvalue weighted by Crippen LogP contribution is -2.43. The van der Waals surface area contributed by atoms with E-state index in [0.717, 1.165) is 29.5 Å². The number of carbonyl (C=O) groups excluding carboxylic acids is 1. The molecule has 1 fully saturated rings. The van der Waals surface area contributed by atoms with E-state index in [9.17, 15) is 13.2 Å². The predicted molar refractivity (Wildman–Crippen MR) is 105 cm³/mol. The van der Waals surface area contributed by atoms with E-state index in [4.69, 9.17) is 5.21 Å². The Hall–Kier alpha value is -2.18. The summed E-state index contributed by atoms with van der Waals surface area (Å²) in [6, 6.07) is 17.9. The minimum Gasteiger partial charge on any atom is -0.289 e. The highest BCUT2D eigenvalue weighted by Crippen LogP contribution is 2.31. The van der Waals surface area contributed by atoms with Gasteiger partial charge in [-0.3, -0.25) is 10.0 Å². The molecule has 5 nitrogen and oxygen atoms in total. The molecule has 2 N–H and O–H groups in total. The van der Waals surface area contributed by atoms with Gasteiger partial charge in [0.25, 0.3) is 0 Å². The van der Waals surface area contributed by atoms with Crippen molar-refractivity contribution < 1.29 is 18.4 Å². The number of benzene rings is 2. The lowest BCUT2D eigenvalue weighted by atomic mass is 9.88. The lowest BCUT2D eigenvalue weighted by Gasteiger charge is -2.29. The van der Waals surface area contributed by atoms with E-state index in [1.165, 1.54) is 0 Å². The second-order valence-electron chi connectivity index (χ2n) is 7.09. The molecule has 0 heterocycles. The van der Waals surface area contributed by atoms with Crippen LogP contribution in [0, 0.1) is 5.92 Å². The van der Waals surface area contributed by atoms with Crippen LogP contribution in [0.2, 0.25) is 0 Å². The molecule has 6 heteroatoms. The van der Waals surface area contributed by atoms with E-state index < -0.39 is 26.9 Å². The number of aryl methyl sites for hydroxylation is 1. The Morgan fingerprint density at radius 1 is 0.963 bits per heavy atom. The van der Waals surface area contributed by atoms with Gasteiger partial charge in [0.15, 0.2) is 9.84 Å². The highest BCUT2D eigenvalue weighted by Gasteiger charge is 2.39. The molecule has 1 amide bonds. The fourth-order valence-corrected chi connectivity index (χ4v) is 5.92. The van der Waals surface area contributed by atoms with Crippen LogP contribution >= 0.6 is 0 Å². The number of amides is 1. The smallest absolute Gasteiger partial charge is 0.247 e. The van der Waals surface area contributed by atoms with Crippen molar-refractivity contribution in [3.63, 3.8) is 0 Å². The average Bonchev–Trinajstić information content (AvgIpc) is 2.73. The minimum absolute atomic E-state index is 0.0115. The zero-order valence-electron chi connectivity index (χ0n) is 15.2. The monoisotopic (exact) mass is 387 g/mol. The molecule has 0 bridgehead atoms. The van der Waals surface area contributed by atoms with Crippen molar-refractivity contribution in [3.05, 3.63) is 60.2 Å². The standard InChI is InChI=1S/C21H25NO4S/c23-21(22-24)19-8-4-5-9-20(19)27(25,26)15-14-16-10-12-18(13-11-16)17-6-2-1-3-7-17/h1-3,6-7,10-13,19-20,24H,4-5,8-9,14-15H2,(H,22,23)/t19-,20+/m1/s1. The molecular weight excluding hydrogens is 362 g/mol. The predicted octanol–water partition coefficient (Wildman–Crippen LogP) is 3.38. The van der Waals surface area contributed by atoms with Crippen LogP contribution in [0.15, 0.2) is 54.6 Å². The molecule has 0 aromatic heterocycles. The van der Waals surface area contributed by atoms with Crippen molar-refractivity contribution in [3.8, 4) is 11.1 Å². The van der Waals surface area contributed by atoms with Gasteiger partial charge in [0.1, 0.15) is 0 Å². The van der Waals surface area contributed by atoms with Gasteiger partial charge in [0.05, 0.1) is 16.9 Å². The largest absolute Gasteiger partial charge is 0.289 e. The number of nitrogens with one attached hydrogen (secondary N) is 1. The van der Waals surface area contributed by atoms with E-state index in [-0.39, 0.29) is 5.75 Å². The summed E-state index contributed by atoms with van der Waals surface area (Å²) in [7, 11) is -3.42. The van der Waals surface area contributed by atoms with Gasteiger partial charge in [-0.2, -0.15) is 0 Å². The second kappa shape index (κ2) is 8.67. The molecule has 2 aromatic rings. The molecule has 144 valence electrons. The van der Waals surface area contributed by atoms with Crippen LogP contribution in [0.1, 0.15) is 31.2 Å². The first-order valence-corrected chi connectivity index (χ1v) is 11.0. The summed E-state index contributed by atoms with van der Waals surface area (Å²) in [6.07, 6.45) is 3.01. The Labute approximate surface area is 160 Å². The highest BCUT2D eigenvalue weighted by molar-refractivity contribution is 7.92. The number of hydrogen-bond donors (Lipinski definition) is 2. The van der Waals surface area contributed by atoms with Gasteiger partial charge >= 0.3 is 0 Å². The van der Waals surface area contributed by atoms with E-state index in [0.29, 0.717) is 19.3 Å². The van der Waals surface area contributed by atoms with Crippen molar-refractivity contribution in [2.75, 3.05) is 5.75 Å². The summed E-state index contributed by atoms with van der Waals surface area (Å²) in [5.41, 5.74) is 4.80. The molecule has 27 heavy (non-hydrogen) atoms. The Morgan fingerprint density at radius 2 is 1.59 bits per heavy atom. The first kappa shape index (κ1) is 19.6. The normalized spacial score (nSPS) is 20.2. The lowest BCUT2D eigenvalue weighted by molar-refractivity contribution is -0.134. The van der Waals surface area contributed by atoms with E-state index >= 15 is 0 Å². The zero-order chi connectivity index (χ0) is 19.3. The van der Waals surface area contributed by atoms with Gasteiger partial charge in [-0.15, -0.1) is 0 Å². The SMILES string of the molecule is O=C(NO)[C@@H]1CCCC[C@@H]1S(=O)(=O)CCc1ccc(-c2ccccc2)cc1. The van der Waals surface area contributed by atoms with Gasteiger partial charge in [0, 0.05) is 0 Å². The quantitative estimate of drug-likeness (QED) is 0.588. The Balaban J connectivity index is 1.67. The highest BCUT2D eigenvalue weighted by atomic mass is 32.2. The summed E-state index contributed by atoms with van der Waals surface area (Å²) in [6.45, 7) is 0. The fourth-order valence-electron chi connectivity index (χ4n) is 3.82. The number of hydrogen-bond acceptors (Lipinski definition) is 4. The third-order valence-electron chi connectivity index (χ3n) is 5.35. The molecule has 0 aliphatic heterocycles. The van der Waals surface area contributed by atoms with E-state index in [1.807, 2.05) is 54.6 Å². The zero-order valence-corrected chi connectivity index (χ0v) is 16.0. The molecule has 1 aliphatic rings. The molecule has 1 aliphatic carbocycles. The molecule has 3 rings (SSSR count). The fraction of sp³-hybridized carbons (Fsp3) is 0.381. The van der Waals surface area contributed by atoms with E-state index in [1.54, 1.807) is 5.48 Å². The summed E-state index contributed by atoms with van der Waals surface area (Å²) < 4.78 is 25.6. The first-order valence-electron chi connectivity index (χ1n) is 9.31. The molecule has 2 atom stereocenters. The molecule has 0 saturated heterocycles. The van der Waals surface area contributed by atoms with Crippen LogP contribution in [-0.4, -0.2) is 30.5 Å². The molecule has 2 aromatic carbocycles. The number of rotatable bonds is 6. The first-order chi connectivity index (χ1) is 13.0. The van der Waals surface area contributed by atoms with Crippen molar-refractivity contribution in [2.24, 2.45) is 5.92 Å². The van der Waals surface area contributed by atoms with Crippen molar-refractivity contribution in [1.29, 1.82) is 0 Å². The van der Waals surface area contributed by atoms with Crippen LogP contribution in [0.4, 0.5) is 0 Å². The summed E-state index contributed by atoms with van der Waals surface area (Å²) in [4.78, 5) is 11.8. The molecule has 0 spiro atoms. The summed E-state index contributed by atoms with van der Waals surface area (Å²) in [5, 5.41) is 8.20. The van der Waals surface area contributed by atoms with Gasteiger partial charge in [-0.1, -0.05) is 67.4 Å². The van der Waals surface area contributed by atoms with Gasteiger partial charge in [0.2, 0.25) is 5.91 Å². The maximum atomic E-state index is 12.8. The van der Waals surface area contributed by atoms with E-state index in [2.05, 4.69) is 0 Å². The van der Waals surface area contributed by atoms with Crippen LogP contribution in [0.25, 0.3) is 11.1 Å². The van der Waals surface area contributed by atoms with Gasteiger partial charge < -0.3 is 0 Å². The number of hydroxylamine groups is 1. The number of sulfone groups is 1. The Morgan fingerprint density at radius 3 is 2.26 bits per heavy atom. The Bertz CT molecular complexity index is 863. The Kier molecular flexibility index (Phi) is 6.29. The topological polar surface area (TPSA) is 83.5 Å². The van der Waals surface area contributed by atoms with Crippen molar-refractivity contribution in [1.82, 2.24) is 5.48 Å². The van der Waals surface area contributed by atoms with Crippen LogP contribution < -0.4 is 5.48 Å². The second-order valence-corrected chi connectivity index (χ2v) is 9.42. The van der Waals surface area contributed by atoms with Crippen LogP contribution in [0.3, 0.4) is 0 Å². The maximum Gasteiger partial charge on any atom is 0.247 e. The van der Waals surface area contributed by atoms with Gasteiger partial charge in [-0.25, -0.2) is 13.9 Å². The van der Waals surface area contributed by atoms with Crippen molar-refractivity contribution >= 4 is 15.7 Å². The van der Waals surface area contributed by atoms with Crippen LogP contribution in [0.5, 0.6) is 0 Å². The average molecular weight is 388 g/mol.